The highest BCUT2D eigenvalue weighted by Gasteiger charge is 2.33. The first-order valence-corrected chi connectivity index (χ1v) is 9.71. The molecule has 3 aromatic rings. The Kier molecular flexibility index (Phi) is 5.22. The molecule has 1 aliphatic heterocycles. The van der Waals surface area contributed by atoms with Gasteiger partial charge in [0.2, 0.25) is 11.8 Å². The van der Waals surface area contributed by atoms with Crippen molar-refractivity contribution in [3.05, 3.63) is 70.9 Å². The van der Waals surface area contributed by atoms with Gasteiger partial charge in [-0.05, 0) is 49.7 Å². The summed E-state index contributed by atoms with van der Waals surface area (Å²) in [6, 6.07) is 9.39. The van der Waals surface area contributed by atoms with Gasteiger partial charge in [0.1, 0.15) is 12.4 Å². The molecule has 4 rings (SSSR count). The number of carbonyl (C=O) groups is 2. The van der Waals surface area contributed by atoms with E-state index in [0.717, 1.165) is 11.6 Å². The lowest BCUT2D eigenvalue weighted by Crippen LogP contribution is -2.40. The molecule has 1 aliphatic rings. The second-order valence-electron chi connectivity index (χ2n) is 7.11. The van der Waals surface area contributed by atoms with E-state index < -0.39 is 17.6 Å². The smallest absolute Gasteiger partial charge is 0.244 e. The summed E-state index contributed by atoms with van der Waals surface area (Å²) in [5, 5.41) is 2.58. The summed E-state index contributed by atoms with van der Waals surface area (Å²) in [5.74, 6) is -1.83. The molecule has 0 saturated heterocycles. The molecule has 0 radical (unpaired) electrons. The zero-order valence-electron chi connectivity index (χ0n) is 16.3. The van der Waals surface area contributed by atoms with E-state index in [0.29, 0.717) is 22.6 Å². The average molecular weight is 425 g/mol. The normalized spacial score (nSPS) is 15.3. The predicted molar refractivity (Wildman–Crippen MR) is 113 cm³/mol. The van der Waals surface area contributed by atoms with Gasteiger partial charge in [-0.3, -0.25) is 19.6 Å². The number of rotatable bonds is 3. The number of hydrogen-bond acceptors (Lipinski definition) is 4. The van der Waals surface area contributed by atoms with Crippen molar-refractivity contribution in [1.82, 2.24) is 9.97 Å². The van der Waals surface area contributed by atoms with Crippen molar-refractivity contribution in [3.8, 4) is 11.3 Å². The molecule has 8 heteroatoms. The van der Waals surface area contributed by atoms with E-state index in [2.05, 4.69) is 15.3 Å². The van der Waals surface area contributed by atoms with Crippen LogP contribution in [0.4, 0.5) is 15.8 Å². The molecular weight excluding hydrogens is 407 g/mol. The van der Waals surface area contributed by atoms with Crippen LogP contribution >= 0.6 is 11.6 Å². The van der Waals surface area contributed by atoms with Gasteiger partial charge in [-0.1, -0.05) is 17.7 Å². The molecule has 2 aromatic heterocycles. The molecule has 30 heavy (non-hydrogen) atoms. The number of amides is 2. The van der Waals surface area contributed by atoms with E-state index >= 15 is 0 Å². The van der Waals surface area contributed by atoms with E-state index in [4.69, 9.17) is 11.6 Å². The molecule has 6 nitrogen and oxygen atoms in total. The minimum absolute atomic E-state index is 0.0355. The molecule has 0 bridgehead atoms. The van der Waals surface area contributed by atoms with E-state index in [1.165, 1.54) is 17.0 Å². The third-order valence-electron chi connectivity index (χ3n) is 5.01. The van der Waals surface area contributed by atoms with E-state index in [9.17, 15) is 14.0 Å². The predicted octanol–water partition coefficient (Wildman–Crippen LogP) is 4.33. The Bertz CT molecular complexity index is 1170. The van der Waals surface area contributed by atoms with Crippen LogP contribution in [0.15, 0.2) is 48.8 Å². The topological polar surface area (TPSA) is 75.2 Å². The van der Waals surface area contributed by atoms with E-state index in [1.54, 1.807) is 31.5 Å². The standard InChI is InChI=1S/C22H18ClFN4O2/c1-12-8-19-16(10-26-12)21-15(4-3-7-25-21)13(2)22(30)28(19)11-20(29)27-14-5-6-17(23)18(24)9-14/h3-10,13H,11H2,1-2H3,(H,27,29). The highest BCUT2D eigenvalue weighted by molar-refractivity contribution is 6.30. The van der Waals surface area contributed by atoms with Gasteiger partial charge >= 0.3 is 0 Å². The number of carbonyl (C=O) groups excluding carboxylic acids is 2. The minimum atomic E-state index is -0.637. The summed E-state index contributed by atoms with van der Waals surface area (Å²) in [6.07, 6.45) is 3.33. The fourth-order valence-corrected chi connectivity index (χ4v) is 3.63. The zero-order valence-corrected chi connectivity index (χ0v) is 17.1. The van der Waals surface area contributed by atoms with Gasteiger partial charge in [-0.15, -0.1) is 0 Å². The van der Waals surface area contributed by atoms with Gasteiger partial charge in [0.25, 0.3) is 0 Å². The van der Waals surface area contributed by atoms with Crippen molar-refractivity contribution in [3.63, 3.8) is 0 Å². The van der Waals surface area contributed by atoms with Crippen molar-refractivity contribution in [1.29, 1.82) is 0 Å². The number of fused-ring (bicyclic) bond motifs is 3. The minimum Gasteiger partial charge on any atom is -0.324 e. The monoisotopic (exact) mass is 424 g/mol. The SMILES string of the molecule is Cc1cc2c(cn1)-c1ncccc1C(C)C(=O)N2CC(=O)Nc1ccc(Cl)c(F)c1. The summed E-state index contributed by atoms with van der Waals surface area (Å²) < 4.78 is 13.7. The Labute approximate surface area is 177 Å². The molecule has 3 heterocycles. The molecule has 1 aromatic carbocycles. The number of benzene rings is 1. The Hall–Kier alpha value is -3.32. The van der Waals surface area contributed by atoms with Crippen LogP contribution in [0.2, 0.25) is 5.02 Å². The van der Waals surface area contributed by atoms with Crippen molar-refractivity contribution in [2.75, 3.05) is 16.8 Å². The largest absolute Gasteiger partial charge is 0.324 e. The van der Waals surface area contributed by atoms with Crippen LogP contribution in [-0.2, 0) is 9.59 Å². The number of aromatic nitrogens is 2. The highest BCUT2D eigenvalue weighted by atomic mass is 35.5. The van der Waals surface area contributed by atoms with Gasteiger partial charge in [0.05, 0.1) is 22.3 Å². The molecule has 1 N–H and O–H groups in total. The van der Waals surface area contributed by atoms with Gasteiger partial charge in [-0.25, -0.2) is 4.39 Å². The molecule has 0 fully saturated rings. The summed E-state index contributed by atoms with van der Waals surface area (Å²) in [5.41, 5.74) is 3.65. The zero-order chi connectivity index (χ0) is 21.4. The first-order valence-electron chi connectivity index (χ1n) is 9.33. The fraction of sp³-hybridized carbons (Fsp3) is 0.182. The van der Waals surface area contributed by atoms with Crippen LogP contribution in [0.1, 0.15) is 24.1 Å². The number of anilines is 2. The lowest BCUT2D eigenvalue weighted by atomic mass is 9.97. The number of hydrogen-bond donors (Lipinski definition) is 1. The van der Waals surface area contributed by atoms with Crippen molar-refractivity contribution in [2.45, 2.75) is 19.8 Å². The molecule has 0 aliphatic carbocycles. The van der Waals surface area contributed by atoms with E-state index in [1.807, 2.05) is 13.0 Å². The molecule has 152 valence electrons. The van der Waals surface area contributed by atoms with Crippen molar-refractivity contribution in [2.24, 2.45) is 0 Å². The maximum absolute atomic E-state index is 13.7. The number of aryl methyl sites for hydroxylation is 1. The van der Waals surface area contributed by atoms with Crippen LogP contribution in [0.3, 0.4) is 0 Å². The Morgan fingerprint density at radius 2 is 2.07 bits per heavy atom. The first-order chi connectivity index (χ1) is 14.3. The second kappa shape index (κ2) is 7.84. The average Bonchev–Trinajstić information content (AvgIpc) is 2.80. The summed E-state index contributed by atoms with van der Waals surface area (Å²) in [4.78, 5) is 36.2. The van der Waals surface area contributed by atoms with Crippen LogP contribution in [0.25, 0.3) is 11.3 Å². The third-order valence-corrected chi connectivity index (χ3v) is 5.32. The molecule has 1 atom stereocenters. The third kappa shape index (κ3) is 3.64. The van der Waals surface area contributed by atoms with Crippen LogP contribution in [0, 0.1) is 12.7 Å². The Morgan fingerprint density at radius 1 is 1.27 bits per heavy atom. The Balaban J connectivity index is 1.70. The van der Waals surface area contributed by atoms with Crippen LogP contribution < -0.4 is 10.2 Å². The molecule has 0 spiro atoms. The van der Waals surface area contributed by atoms with Crippen LogP contribution in [0.5, 0.6) is 0 Å². The Morgan fingerprint density at radius 3 is 2.83 bits per heavy atom. The lowest BCUT2D eigenvalue weighted by molar-refractivity contribution is -0.122. The van der Waals surface area contributed by atoms with Crippen LogP contribution in [-0.4, -0.2) is 28.3 Å². The molecular formula is C22H18ClFN4O2. The summed E-state index contributed by atoms with van der Waals surface area (Å²) >= 11 is 5.69. The van der Waals surface area contributed by atoms with Gasteiger partial charge in [0, 0.05) is 29.3 Å². The van der Waals surface area contributed by atoms with Gasteiger partial charge < -0.3 is 10.2 Å². The number of pyridine rings is 2. The maximum atomic E-state index is 13.7. The number of nitrogens with zero attached hydrogens (tertiary/aromatic N) is 3. The molecule has 0 saturated carbocycles. The van der Waals surface area contributed by atoms with E-state index in [-0.39, 0.29) is 23.2 Å². The molecule has 1 unspecified atom stereocenters. The fourth-order valence-electron chi connectivity index (χ4n) is 3.51. The van der Waals surface area contributed by atoms with Gasteiger partial charge in [-0.2, -0.15) is 0 Å². The maximum Gasteiger partial charge on any atom is 0.244 e. The summed E-state index contributed by atoms with van der Waals surface area (Å²) in [7, 11) is 0. The first kappa shape index (κ1) is 20.0. The number of nitrogens with one attached hydrogen (secondary N) is 1. The second-order valence-corrected chi connectivity index (χ2v) is 7.51. The van der Waals surface area contributed by atoms with Crippen molar-refractivity contribution < 1.29 is 14.0 Å². The molecule has 2 amide bonds. The lowest BCUT2D eigenvalue weighted by Gasteiger charge is -2.24. The van der Waals surface area contributed by atoms with Crippen molar-refractivity contribution >= 4 is 34.8 Å². The number of halogens is 2. The highest BCUT2D eigenvalue weighted by Crippen LogP contribution is 2.39. The van der Waals surface area contributed by atoms with Gasteiger partial charge in [0.15, 0.2) is 0 Å². The summed E-state index contributed by atoms with van der Waals surface area (Å²) in [6.45, 7) is 3.36. The quantitative estimate of drug-likeness (QED) is 0.678.